The number of rotatable bonds is 8. The minimum absolute atomic E-state index is 0.119. The molecule has 2 amide bonds. The molecule has 1 aromatic heterocycles. The van der Waals surface area contributed by atoms with Gasteiger partial charge in [-0.2, -0.15) is 0 Å². The number of sulfone groups is 1. The van der Waals surface area contributed by atoms with E-state index in [1.54, 1.807) is 45.0 Å². The SMILES string of the molecule is CC(C)(C)OC(=O)N[C@H]1CS(=O)(=O)c2cc(F)c(-c3nnc(N4CCC(F)(F)C(CO[Si-](C)(C)C(C)(C)C)C4)o3)cc2N(Cc2ccc(Cl)cc2)C1=O. The number of benzene rings is 2. The lowest BCUT2D eigenvalue weighted by Crippen LogP contribution is -2.51. The number of hydrogen-bond donors (Lipinski definition) is 1. The molecule has 3 aromatic rings. The van der Waals surface area contributed by atoms with E-state index in [-0.39, 0.29) is 54.4 Å². The zero-order valence-corrected chi connectivity index (χ0v) is 33.5. The minimum Gasteiger partial charge on any atom is -0.564 e. The van der Waals surface area contributed by atoms with Crippen LogP contribution in [0.4, 0.5) is 29.7 Å². The van der Waals surface area contributed by atoms with Gasteiger partial charge in [-0.25, -0.2) is 26.4 Å². The molecule has 2 aliphatic rings. The van der Waals surface area contributed by atoms with E-state index in [2.05, 4.69) is 15.5 Å². The van der Waals surface area contributed by atoms with Gasteiger partial charge in [0, 0.05) is 31.1 Å². The van der Waals surface area contributed by atoms with E-state index in [9.17, 15) is 18.0 Å². The van der Waals surface area contributed by atoms with Gasteiger partial charge in [0.15, 0.2) is 9.84 Å². The third-order valence-electron chi connectivity index (χ3n) is 9.69. The highest BCUT2D eigenvalue weighted by Crippen LogP contribution is 2.41. The van der Waals surface area contributed by atoms with Crippen molar-refractivity contribution < 1.29 is 44.8 Å². The van der Waals surface area contributed by atoms with Gasteiger partial charge in [-0.1, -0.05) is 49.6 Å². The summed E-state index contributed by atoms with van der Waals surface area (Å²) in [7, 11) is -6.74. The zero-order valence-electron chi connectivity index (χ0n) is 30.9. The first-order valence-corrected chi connectivity index (χ1v) is 22.0. The molecule has 53 heavy (non-hydrogen) atoms. The normalized spacial score (nSPS) is 20.5. The molecule has 2 aliphatic heterocycles. The molecule has 1 unspecified atom stereocenters. The summed E-state index contributed by atoms with van der Waals surface area (Å²) in [6.07, 6.45) is -1.51. The molecule has 18 heteroatoms. The predicted molar refractivity (Wildman–Crippen MR) is 196 cm³/mol. The Morgan fingerprint density at radius 1 is 1.11 bits per heavy atom. The van der Waals surface area contributed by atoms with Gasteiger partial charge in [0.25, 0.3) is 17.7 Å². The van der Waals surface area contributed by atoms with Crippen molar-refractivity contribution in [2.75, 3.05) is 35.2 Å². The molecule has 1 N–H and O–H groups in total. The number of carbonyl (C=O) groups is 2. The topological polar surface area (TPSA) is 144 Å². The molecule has 5 rings (SSSR count). The van der Waals surface area contributed by atoms with Crippen molar-refractivity contribution in [3.8, 4) is 11.5 Å². The van der Waals surface area contributed by atoms with Crippen molar-refractivity contribution in [1.82, 2.24) is 15.5 Å². The second kappa shape index (κ2) is 14.5. The average Bonchev–Trinajstić information content (AvgIpc) is 3.49. The molecule has 0 aliphatic carbocycles. The number of anilines is 2. The Bertz CT molecular complexity index is 1970. The maximum Gasteiger partial charge on any atom is 0.408 e. The Balaban J connectivity index is 1.49. The number of piperidine rings is 1. The Morgan fingerprint density at radius 3 is 2.40 bits per heavy atom. The number of hydrogen-bond acceptors (Lipinski definition) is 10. The summed E-state index contributed by atoms with van der Waals surface area (Å²) in [6, 6.07) is 6.58. The number of nitrogens with zero attached hydrogens (tertiary/aromatic N) is 4. The average molecular weight is 800 g/mol. The summed E-state index contributed by atoms with van der Waals surface area (Å²) in [4.78, 5) is 28.9. The molecule has 0 saturated carbocycles. The monoisotopic (exact) mass is 799 g/mol. The Labute approximate surface area is 313 Å². The first-order valence-electron chi connectivity index (χ1n) is 17.1. The van der Waals surface area contributed by atoms with Gasteiger partial charge >= 0.3 is 12.1 Å². The highest BCUT2D eigenvalue weighted by molar-refractivity contribution is 7.91. The fraction of sp³-hybridized carbons (Fsp3) is 0.543. The molecule has 12 nitrogen and oxygen atoms in total. The largest absolute Gasteiger partial charge is 0.564 e. The maximum atomic E-state index is 15.9. The Kier molecular flexibility index (Phi) is 11.1. The van der Waals surface area contributed by atoms with Crippen molar-refractivity contribution in [2.45, 2.75) is 95.1 Å². The predicted octanol–water partition coefficient (Wildman–Crippen LogP) is 7.23. The molecule has 0 spiro atoms. The van der Waals surface area contributed by atoms with Crippen LogP contribution in [-0.2, 0) is 30.3 Å². The first-order chi connectivity index (χ1) is 24.4. The molecule has 1 saturated heterocycles. The lowest BCUT2D eigenvalue weighted by atomic mass is 9.95. The zero-order chi connectivity index (χ0) is 39.3. The number of amides is 2. The molecule has 291 valence electrons. The van der Waals surface area contributed by atoms with Crippen LogP contribution in [0.3, 0.4) is 0 Å². The number of halogens is 4. The van der Waals surface area contributed by atoms with Crippen LogP contribution in [-0.4, -0.2) is 81.9 Å². The molecular formula is C35H45ClF3N5O7SSi-. The summed E-state index contributed by atoms with van der Waals surface area (Å²) in [6.45, 7) is 14.2. The van der Waals surface area contributed by atoms with Crippen molar-refractivity contribution >= 4 is 53.5 Å². The molecule has 3 heterocycles. The summed E-state index contributed by atoms with van der Waals surface area (Å²) >= 11 is 6.07. The van der Waals surface area contributed by atoms with Gasteiger partial charge in [0.05, 0.1) is 34.4 Å². The van der Waals surface area contributed by atoms with E-state index in [0.717, 1.165) is 17.0 Å². The lowest BCUT2D eigenvalue weighted by Gasteiger charge is -2.50. The number of ether oxygens (including phenoxy) is 1. The first kappa shape index (κ1) is 40.5. The van der Waals surface area contributed by atoms with Crippen LogP contribution in [0.1, 0.15) is 53.5 Å². The van der Waals surface area contributed by atoms with Crippen LogP contribution < -0.4 is 15.1 Å². The summed E-state index contributed by atoms with van der Waals surface area (Å²) in [5.41, 5.74) is -0.928. The van der Waals surface area contributed by atoms with Crippen LogP contribution in [0.15, 0.2) is 45.7 Å². The molecule has 0 bridgehead atoms. The van der Waals surface area contributed by atoms with Crippen molar-refractivity contribution in [1.29, 1.82) is 0 Å². The second-order valence-electron chi connectivity index (χ2n) is 15.9. The van der Waals surface area contributed by atoms with E-state index < -0.39 is 76.5 Å². The lowest BCUT2D eigenvalue weighted by molar-refractivity contribution is -0.120. The van der Waals surface area contributed by atoms with E-state index in [4.69, 9.17) is 25.2 Å². The number of fused-ring (bicyclic) bond motifs is 1. The highest BCUT2D eigenvalue weighted by atomic mass is 35.5. The number of alkyl halides is 2. The fourth-order valence-corrected chi connectivity index (χ4v) is 8.44. The number of alkyl carbamates (subject to hydrolysis) is 1. The van der Waals surface area contributed by atoms with Gasteiger partial charge in [0.2, 0.25) is 0 Å². The van der Waals surface area contributed by atoms with E-state index in [1.165, 1.54) is 4.90 Å². The number of nitrogens with one attached hydrogen (secondary N) is 1. The Hall–Kier alpha value is -3.67. The summed E-state index contributed by atoms with van der Waals surface area (Å²) in [5.74, 6) is -7.28. The van der Waals surface area contributed by atoms with Gasteiger partial charge in [0.1, 0.15) is 17.5 Å². The van der Waals surface area contributed by atoms with Gasteiger partial charge in [-0.05, 0) is 58.9 Å². The highest BCUT2D eigenvalue weighted by Gasteiger charge is 2.46. The minimum atomic E-state index is -4.41. The fourth-order valence-electron chi connectivity index (χ4n) is 5.65. The summed E-state index contributed by atoms with van der Waals surface area (Å²) < 4.78 is 90.9. The standard InChI is InChI=1S/C35H45ClF3N5O7SSi/c1-33(2,3)51-32(46)40-26-20-52(47,48)28-16-25(37)24(15-27(28)44(30(26)45)17-21-9-11-23(36)12-10-21)29-41-42-31(50-29)43-14-13-35(38,39)22(18-43)19-49-53(7,8)34(4,5)6/h9-12,15-16,22,26H,13-14,17-20H2,1-8H3,(H,40,46)/q-1/t22?,26-/m0/s1. The van der Waals surface area contributed by atoms with Crippen LogP contribution in [0.5, 0.6) is 0 Å². The van der Waals surface area contributed by atoms with Crippen molar-refractivity contribution in [3.05, 3.63) is 52.8 Å². The third kappa shape index (κ3) is 9.17. The van der Waals surface area contributed by atoms with Gasteiger partial charge in [-0.15, -0.1) is 23.2 Å². The van der Waals surface area contributed by atoms with Gasteiger partial charge in [-0.3, -0.25) is 4.79 Å². The quantitative estimate of drug-likeness (QED) is 0.232. The molecule has 2 atom stereocenters. The van der Waals surface area contributed by atoms with Crippen LogP contribution in [0.2, 0.25) is 23.2 Å². The molecular weight excluding hydrogens is 755 g/mol. The Morgan fingerprint density at radius 2 is 1.77 bits per heavy atom. The van der Waals surface area contributed by atoms with E-state index in [1.807, 2.05) is 33.9 Å². The second-order valence-corrected chi connectivity index (χ2v) is 23.2. The van der Waals surface area contributed by atoms with Gasteiger partial charge < -0.3 is 28.7 Å². The molecule has 2 aromatic carbocycles. The van der Waals surface area contributed by atoms with Crippen LogP contribution in [0.25, 0.3) is 11.5 Å². The van der Waals surface area contributed by atoms with Crippen LogP contribution in [0, 0.1) is 11.7 Å². The van der Waals surface area contributed by atoms with Crippen molar-refractivity contribution in [3.63, 3.8) is 0 Å². The van der Waals surface area contributed by atoms with E-state index in [0.29, 0.717) is 10.6 Å². The third-order valence-corrected chi connectivity index (χ3v) is 16.2. The van der Waals surface area contributed by atoms with E-state index >= 15 is 13.2 Å². The smallest absolute Gasteiger partial charge is 0.408 e. The maximum absolute atomic E-state index is 15.9. The van der Waals surface area contributed by atoms with Crippen LogP contribution >= 0.6 is 11.6 Å². The number of carbonyl (C=O) groups excluding carboxylic acids is 2. The number of aromatic nitrogens is 2. The summed E-state index contributed by atoms with van der Waals surface area (Å²) in [5, 5.41) is 10.6. The van der Waals surface area contributed by atoms with Crippen molar-refractivity contribution in [2.24, 2.45) is 5.92 Å². The molecule has 1 fully saturated rings. The molecule has 0 radical (unpaired) electrons.